The van der Waals surface area contributed by atoms with Gasteiger partial charge in [0.05, 0.1) is 17.8 Å². The SMILES string of the molecule is C[C@@H](c1cccc(F)c1)n1nnc2cnc3ccc(-c4ccc(N)nc4)cc3c21. The number of hydrogen-bond acceptors (Lipinski definition) is 5. The van der Waals surface area contributed by atoms with Gasteiger partial charge in [0.25, 0.3) is 0 Å². The minimum atomic E-state index is -0.275. The first-order valence-corrected chi connectivity index (χ1v) is 9.21. The van der Waals surface area contributed by atoms with Crippen molar-refractivity contribution >= 4 is 27.8 Å². The Kier molecular flexibility index (Phi) is 3.94. The third kappa shape index (κ3) is 2.97. The molecule has 0 bridgehead atoms. The highest BCUT2D eigenvalue weighted by molar-refractivity contribution is 6.03. The summed E-state index contributed by atoms with van der Waals surface area (Å²) in [5.74, 6) is 0.202. The summed E-state index contributed by atoms with van der Waals surface area (Å²) >= 11 is 0. The van der Waals surface area contributed by atoms with Crippen LogP contribution in [0.4, 0.5) is 10.2 Å². The number of pyridine rings is 2. The molecule has 5 aromatic rings. The Morgan fingerprint density at radius 3 is 2.59 bits per heavy atom. The van der Waals surface area contributed by atoms with Gasteiger partial charge < -0.3 is 5.73 Å². The van der Waals surface area contributed by atoms with Crippen LogP contribution in [0.1, 0.15) is 18.5 Å². The number of anilines is 1. The van der Waals surface area contributed by atoms with E-state index in [4.69, 9.17) is 5.73 Å². The number of aromatic nitrogens is 5. The molecule has 0 radical (unpaired) electrons. The largest absolute Gasteiger partial charge is 0.384 e. The number of hydrogen-bond donors (Lipinski definition) is 1. The second-order valence-corrected chi connectivity index (χ2v) is 6.96. The van der Waals surface area contributed by atoms with Crippen LogP contribution in [0.25, 0.3) is 33.1 Å². The van der Waals surface area contributed by atoms with Gasteiger partial charge in [0, 0.05) is 17.1 Å². The molecule has 5 rings (SSSR count). The zero-order valence-electron chi connectivity index (χ0n) is 15.6. The highest BCUT2D eigenvalue weighted by atomic mass is 19.1. The molecule has 7 heteroatoms. The molecule has 2 aromatic carbocycles. The number of nitrogen functional groups attached to an aromatic ring is 1. The highest BCUT2D eigenvalue weighted by Crippen LogP contribution is 2.30. The number of nitrogens with zero attached hydrogens (tertiary/aromatic N) is 5. The number of nitrogens with two attached hydrogens (primary N) is 1. The fourth-order valence-electron chi connectivity index (χ4n) is 3.56. The number of fused-ring (bicyclic) bond motifs is 3. The summed E-state index contributed by atoms with van der Waals surface area (Å²) in [6.07, 6.45) is 3.46. The predicted molar refractivity (Wildman–Crippen MR) is 111 cm³/mol. The van der Waals surface area contributed by atoms with Gasteiger partial charge in [0.2, 0.25) is 0 Å². The summed E-state index contributed by atoms with van der Waals surface area (Å²) in [4.78, 5) is 8.68. The Morgan fingerprint density at radius 1 is 0.931 bits per heavy atom. The van der Waals surface area contributed by atoms with E-state index in [9.17, 15) is 4.39 Å². The van der Waals surface area contributed by atoms with Gasteiger partial charge in [0.1, 0.15) is 22.7 Å². The zero-order valence-corrected chi connectivity index (χ0v) is 15.6. The van der Waals surface area contributed by atoms with Crippen molar-refractivity contribution in [3.05, 3.63) is 78.4 Å². The summed E-state index contributed by atoms with van der Waals surface area (Å²) < 4.78 is 15.6. The molecule has 2 N–H and O–H groups in total. The van der Waals surface area contributed by atoms with E-state index in [2.05, 4.69) is 26.3 Å². The summed E-state index contributed by atoms with van der Waals surface area (Å²) in [7, 11) is 0. The van der Waals surface area contributed by atoms with Crippen LogP contribution in [0.5, 0.6) is 0 Å². The van der Waals surface area contributed by atoms with Crippen LogP contribution in [0.2, 0.25) is 0 Å². The second-order valence-electron chi connectivity index (χ2n) is 6.96. The van der Waals surface area contributed by atoms with E-state index in [0.717, 1.165) is 33.1 Å². The first kappa shape index (κ1) is 17.2. The van der Waals surface area contributed by atoms with E-state index in [1.807, 2.05) is 35.9 Å². The Labute approximate surface area is 165 Å². The molecule has 0 aliphatic rings. The lowest BCUT2D eigenvalue weighted by molar-refractivity contribution is 0.553. The van der Waals surface area contributed by atoms with Crippen molar-refractivity contribution < 1.29 is 4.39 Å². The fourth-order valence-corrected chi connectivity index (χ4v) is 3.56. The molecule has 0 unspecified atom stereocenters. The topological polar surface area (TPSA) is 82.5 Å². The Morgan fingerprint density at radius 2 is 1.79 bits per heavy atom. The molecule has 0 fully saturated rings. The summed E-state index contributed by atoms with van der Waals surface area (Å²) in [5.41, 5.74) is 10.9. The lowest BCUT2D eigenvalue weighted by Gasteiger charge is -2.14. The number of halogens is 1. The molecule has 0 spiro atoms. The zero-order chi connectivity index (χ0) is 20.0. The van der Waals surface area contributed by atoms with Crippen molar-refractivity contribution in [2.45, 2.75) is 13.0 Å². The van der Waals surface area contributed by atoms with Crippen molar-refractivity contribution in [2.24, 2.45) is 0 Å². The minimum absolute atomic E-state index is 0.192. The van der Waals surface area contributed by atoms with Gasteiger partial charge in [-0.3, -0.25) is 4.98 Å². The van der Waals surface area contributed by atoms with Gasteiger partial charge in [-0.25, -0.2) is 14.1 Å². The van der Waals surface area contributed by atoms with Crippen LogP contribution in [-0.2, 0) is 0 Å². The van der Waals surface area contributed by atoms with Crippen LogP contribution < -0.4 is 5.73 Å². The smallest absolute Gasteiger partial charge is 0.132 e. The molecule has 3 aromatic heterocycles. The molecule has 3 heterocycles. The molecular weight excluding hydrogens is 367 g/mol. The predicted octanol–water partition coefficient (Wildman–Crippen LogP) is 4.37. The van der Waals surface area contributed by atoms with Crippen molar-refractivity contribution in [3.63, 3.8) is 0 Å². The molecule has 0 amide bonds. The first-order valence-electron chi connectivity index (χ1n) is 9.21. The van der Waals surface area contributed by atoms with Crippen LogP contribution in [0, 0.1) is 5.82 Å². The van der Waals surface area contributed by atoms with Crippen molar-refractivity contribution in [2.75, 3.05) is 5.73 Å². The van der Waals surface area contributed by atoms with Crippen molar-refractivity contribution in [1.82, 2.24) is 25.0 Å². The lowest BCUT2D eigenvalue weighted by atomic mass is 10.0. The van der Waals surface area contributed by atoms with Crippen LogP contribution in [0.3, 0.4) is 0 Å². The van der Waals surface area contributed by atoms with E-state index >= 15 is 0 Å². The van der Waals surface area contributed by atoms with Gasteiger partial charge in [-0.05, 0) is 54.4 Å². The van der Waals surface area contributed by atoms with E-state index in [-0.39, 0.29) is 11.9 Å². The van der Waals surface area contributed by atoms with E-state index in [0.29, 0.717) is 11.3 Å². The monoisotopic (exact) mass is 384 g/mol. The van der Waals surface area contributed by atoms with Crippen molar-refractivity contribution in [1.29, 1.82) is 0 Å². The standard InChI is InChI=1S/C22H17FN6/c1-13(14-3-2-4-17(23)9-14)29-22-18-10-15(16-6-8-21(24)26-11-16)5-7-19(18)25-12-20(22)27-28-29/h2-13H,1H3,(H2,24,26)/t13-/m0/s1. The molecule has 1 atom stereocenters. The average molecular weight is 384 g/mol. The Balaban J connectivity index is 1.72. The van der Waals surface area contributed by atoms with Crippen LogP contribution >= 0.6 is 0 Å². The number of benzene rings is 2. The summed E-state index contributed by atoms with van der Waals surface area (Å²) in [5, 5.41) is 9.54. The Bertz CT molecular complexity index is 1340. The Hall–Kier alpha value is -3.87. The van der Waals surface area contributed by atoms with E-state index in [1.54, 1.807) is 24.5 Å². The second kappa shape index (κ2) is 6.63. The molecule has 6 nitrogen and oxygen atoms in total. The first-order chi connectivity index (χ1) is 14.1. The summed E-state index contributed by atoms with van der Waals surface area (Å²) in [6, 6.07) is 16.1. The van der Waals surface area contributed by atoms with E-state index < -0.39 is 0 Å². The summed E-state index contributed by atoms with van der Waals surface area (Å²) in [6.45, 7) is 1.98. The fraction of sp³-hybridized carbons (Fsp3) is 0.0909. The number of rotatable bonds is 3. The highest BCUT2D eigenvalue weighted by Gasteiger charge is 2.17. The van der Waals surface area contributed by atoms with Gasteiger partial charge in [0.15, 0.2) is 0 Å². The molecule has 0 aliphatic carbocycles. The maximum absolute atomic E-state index is 13.7. The molecule has 142 valence electrons. The quantitative estimate of drug-likeness (QED) is 0.499. The van der Waals surface area contributed by atoms with Gasteiger partial charge in [-0.1, -0.05) is 23.4 Å². The average Bonchev–Trinajstić information content (AvgIpc) is 3.18. The molecule has 0 saturated heterocycles. The molecule has 0 aliphatic heterocycles. The van der Waals surface area contributed by atoms with Crippen LogP contribution in [-0.4, -0.2) is 25.0 Å². The van der Waals surface area contributed by atoms with Crippen LogP contribution in [0.15, 0.2) is 67.0 Å². The van der Waals surface area contributed by atoms with Gasteiger partial charge in [-0.2, -0.15) is 0 Å². The maximum Gasteiger partial charge on any atom is 0.132 e. The van der Waals surface area contributed by atoms with Gasteiger partial charge >= 0.3 is 0 Å². The van der Waals surface area contributed by atoms with Gasteiger partial charge in [-0.15, -0.1) is 5.10 Å². The molecular formula is C22H17FN6. The normalized spacial score (nSPS) is 12.5. The maximum atomic E-state index is 13.7. The van der Waals surface area contributed by atoms with Crippen molar-refractivity contribution in [3.8, 4) is 11.1 Å². The minimum Gasteiger partial charge on any atom is -0.384 e. The molecule has 29 heavy (non-hydrogen) atoms. The third-order valence-electron chi connectivity index (χ3n) is 5.12. The molecule has 0 saturated carbocycles. The third-order valence-corrected chi connectivity index (χ3v) is 5.12. The van der Waals surface area contributed by atoms with E-state index in [1.165, 1.54) is 12.1 Å². The lowest BCUT2D eigenvalue weighted by Crippen LogP contribution is -2.09.